The van der Waals surface area contributed by atoms with Gasteiger partial charge in [0.2, 0.25) is 5.95 Å². The highest BCUT2D eigenvalue weighted by molar-refractivity contribution is 5.53. The maximum absolute atomic E-state index is 5.06. The molecule has 0 spiro atoms. The van der Waals surface area contributed by atoms with E-state index in [0.29, 0.717) is 17.6 Å². The van der Waals surface area contributed by atoms with Crippen molar-refractivity contribution in [2.45, 2.75) is 20.3 Å². The fraction of sp³-hybridized carbons (Fsp3) is 0.294. The van der Waals surface area contributed by atoms with Gasteiger partial charge in [-0.25, -0.2) is 4.98 Å². The maximum atomic E-state index is 5.06. The van der Waals surface area contributed by atoms with E-state index in [1.165, 1.54) is 5.56 Å². The number of aromatic nitrogens is 4. The lowest BCUT2D eigenvalue weighted by atomic mass is 10.2. The number of likely N-dealkylation sites (N-methyl/N-ethyl adjacent to an activating group) is 1. The first-order valence-corrected chi connectivity index (χ1v) is 7.76. The second kappa shape index (κ2) is 7.08. The first kappa shape index (κ1) is 15.9. The van der Waals surface area contributed by atoms with Gasteiger partial charge in [0, 0.05) is 43.8 Å². The average Bonchev–Trinajstić information content (AvgIpc) is 2.98. The molecule has 24 heavy (non-hydrogen) atoms. The standard InChI is InChI=1S/C17H20N6O/c1-12-10-15(20-16-11-13(2)24-22-16)21-17(19-12)23(3)9-6-14-4-7-18-8-5-14/h4-5,7-8,10-11H,6,9H2,1-3H3,(H,19,20,21,22). The van der Waals surface area contributed by atoms with Crippen molar-refractivity contribution in [3.8, 4) is 0 Å². The van der Waals surface area contributed by atoms with E-state index in [9.17, 15) is 0 Å². The lowest BCUT2D eigenvalue weighted by molar-refractivity contribution is 0.400. The van der Waals surface area contributed by atoms with Gasteiger partial charge in [-0.05, 0) is 38.0 Å². The van der Waals surface area contributed by atoms with Crippen LogP contribution in [0.15, 0.2) is 41.2 Å². The lowest BCUT2D eigenvalue weighted by Gasteiger charge is -2.18. The molecular weight excluding hydrogens is 304 g/mol. The van der Waals surface area contributed by atoms with Crippen LogP contribution in [0.5, 0.6) is 0 Å². The first-order valence-electron chi connectivity index (χ1n) is 7.76. The third-order valence-electron chi connectivity index (χ3n) is 3.55. The topological polar surface area (TPSA) is 80.0 Å². The number of pyridine rings is 1. The Hall–Kier alpha value is -2.96. The van der Waals surface area contributed by atoms with Gasteiger partial charge in [-0.1, -0.05) is 5.16 Å². The largest absolute Gasteiger partial charge is 0.360 e. The Morgan fingerprint density at radius 3 is 2.58 bits per heavy atom. The summed E-state index contributed by atoms with van der Waals surface area (Å²) in [5.41, 5.74) is 2.12. The Labute approximate surface area is 140 Å². The zero-order valence-electron chi connectivity index (χ0n) is 14.0. The van der Waals surface area contributed by atoms with Crippen LogP contribution in [0.1, 0.15) is 17.0 Å². The normalized spacial score (nSPS) is 10.6. The van der Waals surface area contributed by atoms with E-state index in [-0.39, 0.29) is 0 Å². The van der Waals surface area contributed by atoms with Crippen LogP contribution in [0.2, 0.25) is 0 Å². The SMILES string of the molecule is Cc1cc(Nc2cc(C)on2)nc(N(C)CCc2ccncc2)n1. The number of anilines is 3. The molecule has 7 nitrogen and oxygen atoms in total. The third-order valence-corrected chi connectivity index (χ3v) is 3.55. The zero-order valence-corrected chi connectivity index (χ0v) is 14.0. The summed E-state index contributed by atoms with van der Waals surface area (Å²) in [4.78, 5) is 15.1. The molecule has 0 aliphatic rings. The third kappa shape index (κ3) is 4.07. The number of rotatable bonds is 6. The van der Waals surface area contributed by atoms with Gasteiger partial charge < -0.3 is 14.7 Å². The number of nitrogens with zero attached hydrogens (tertiary/aromatic N) is 5. The molecule has 0 aliphatic carbocycles. The van der Waals surface area contributed by atoms with E-state index in [0.717, 1.165) is 24.4 Å². The van der Waals surface area contributed by atoms with E-state index in [1.54, 1.807) is 12.4 Å². The van der Waals surface area contributed by atoms with Gasteiger partial charge in [0.25, 0.3) is 0 Å². The van der Waals surface area contributed by atoms with E-state index >= 15 is 0 Å². The van der Waals surface area contributed by atoms with Gasteiger partial charge in [0.15, 0.2) is 5.82 Å². The Balaban J connectivity index is 1.70. The Morgan fingerprint density at radius 2 is 1.88 bits per heavy atom. The molecule has 3 aromatic heterocycles. The second-order valence-electron chi connectivity index (χ2n) is 5.67. The summed E-state index contributed by atoms with van der Waals surface area (Å²) in [5, 5.41) is 7.07. The molecular formula is C17H20N6O. The number of aryl methyl sites for hydroxylation is 2. The van der Waals surface area contributed by atoms with Crippen LogP contribution in [-0.2, 0) is 6.42 Å². The maximum Gasteiger partial charge on any atom is 0.227 e. The van der Waals surface area contributed by atoms with Crippen molar-refractivity contribution >= 4 is 17.6 Å². The van der Waals surface area contributed by atoms with Crippen molar-refractivity contribution in [1.29, 1.82) is 0 Å². The van der Waals surface area contributed by atoms with Crippen LogP contribution in [0, 0.1) is 13.8 Å². The van der Waals surface area contributed by atoms with Crippen molar-refractivity contribution in [1.82, 2.24) is 20.1 Å². The molecule has 0 aliphatic heterocycles. The molecule has 0 unspecified atom stereocenters. The molecule has 0 saturated heterocycles. The predicted octanol–water partition coefficient (Wildman–Crippen LogP) is 2.90. The van der Waals surface area contributed by atoms with Crippen LogP contribution in [0.4, 0.5) is 17.6 Å². The molecule has 0 radical (unpaired) electrons. The Morgan fingerprint density at radius 1 is 1.08 bits per heavy atom. The van der Waals surface area contributed by atoms with Crippen LogP contribution >= 0.6 is 0 Å². The van der Waals surface area contributed by atoms with Gasteiger partial charge in [-0.2, -0.15) is 4.98 Å². The van der Waals surface area contributed by atoms with Crippen molar-refractivity contribution in [3.05, 3.63) is 53.7 Å². The summed E-state index contributed by atoms with van der Waals surface area (Å²) >= 11 is 0. The van der Waals surface area contributed by atoms with Crippen LogP contribution in [0.3, 0.4) is 0 Å². The monoisotopic (exact) mass is 324 g/mol. The Bertz CT molecular complexity index is 802. The summed E-state index contributed by atoms with van der Waals surface area (Å²) in [6.45, 7) is 4.61. The van der Waals surface area contributed by atoms with E-state index in [2.05, 4.69) is 25.4 Å². The van der Waals surface area contributed by atoms with Crippen LogP contribution in [0.25, 0.3) is 0 Å². The van der Waals surface area contributed by atoms with Gasteiger partial charge in [0.1, 0.15) is 11.6 Å². The smallest absolute Gasteiger partial charge is 0.227 e. The quantitative estimate of drug-likeness (QED) is 0.746. The highest BCUT2D eigenvalue weighted by Gasteiger charge is 2.09. The summed E-state index contributed by atoms with van der Waals surface area (Å²) in [6, 6.07) is 7.74. The number of hydrogen-bond donors (Lipinski definition) is 1. The Kier molecular flexibility index (Phi) is 4.69. The zero-order chi connectivity index (χ0) is 16.9. The fourth-order valence-corrected chi connectivity index (χ4v) is 2.29. The first-order chi connectivity index (χ1) is 11.6. The minimum Gasteiger partial charge on any atom is -0.360 e. The molecule has 0 aromatic carbocycles. The van der Waals surface area contributed by atoms with Gasteiger partial charge in [-0.3, -0.25) is 4.98 Å². The van der Waals surface area contributed by atoms with Crippen LogP contribution < -0.4 is 10.2 Å². The molecule has 0 bridgehead atoms. The molecule has 3 rings (SSSR count). The van der Waals surface area contributed by atoms with Crippen molar-refractivity contribution in [2.75, 3.05) is 23.8 Å². The minimum absolute atomic E-state index is 0.635. The van der Waals surface area contributed by atoms with E-state index in [1.807, 2.05) is 50.1 Å². The van der Waals surface area contributed by atoms with Gasteiger partial charge in [-0.15, -0.1) is 0 Å². The van der Waals surface area contributed by atoms with Crippen molar-refractivity contribution < 1.29 is 4.52 Å². The molecule has 7 heteroatoms. The molecule has 124 valence electrons. The lowest BCUT2D eigenvalue weighted by Crippen LogP contribution is -2.23. The highest BCUT2D eigenvalue weighted by atomic mass is 16.5. The number of hydrogen-bond acceptors (Lipinski definition) is 7. The van der Waals surface area contributed by atoms with Gasteiger partial charge >= 0.3 is 0 Å². The summed E-state index contributed by atoms with van der Waals surface area (Å²) in [5.74, 6) is 2.75. The summed E-state index contributed by atoms with van der Waals surface area (Å²) in [7, 11) is 1.99. The second-order valence-corrected chi connectivity index (χ2v) is 5.67. The van der Waals surface area contributed by atoms with Gasteiger partial charge in [0.05, 0.1) is 0 Å². The molecule has 0 fully saturated rings. The molecule has 3 heterocycles. The van der Waals surface area contributed by atoms with Crippen molar-refractivity contribution in [3.63, 3.8) is 0 Å². The molecule has 1 N–H and O–H groups in total. The molecule has 0 saturated carbocycles. The molecule has 0 amide bonds. The van der Waals surface area contributed by atoms with Crippen LogP contribution in [-0.4, -0.2) is 33.7 Å². The minimum atomic E-state index is 0.635. The number of nitrogens with one attached hydrogen (secondary N) is 1. The highest BCUT2D eigenvalue weighted by Crippen LogP contribution is 2.18. The van der Waals surface area contributed by atoms with E-state index < -0.39 is 0 Å². The predicted molar refractivity (Wildman–Crippen MR) is 92.5 cm³/mol. The fourth-order valence-electron chi connectivity index (χ4n) is 2.29. The van der Waals surface area contributed by atoms with Crippen molar-refractivity contribution in [2.24, 2.45) is 0 Å². The summed E-state index contributed by atoms with van der Waals surface area (Å²) in [6.07, 6.45) is 4.52. The molecule has 0 atom stereocenters. The molecule has 3 aromatic rings. The van der Waals surface area contributed by atoms with E-state index in [4.69, 9.17) is 4.52 Å². The summed E-state index contributed by atoms with van der Waals surface area (Å²) < 4.78 is 5.06. The average molecular weight is 324 g/mol.